The molecule has 0 spiro atoms. The average Bonchev–Trinajstić information content (AvgIpc) is 3.35. The number of halogens is 2. The molecule has 1 saturated heterocycles. The molecule has 36 heavy (non-hydrogen) atoms. The predicted molar refractivity (Wildman–Crippen MR) is 155 cm³/mol. The van der Waals surface area contributed by atoms with Crippen molar-refractivity contribution in [2.24, 2.45) is 4.99 Å². The Morgan fingerprint density at radius 2 is 1.39 bits per heavy atom. The fourth-order valence-corrected chi connectivity index (χ4v) is 5.29. The van der Waals surface area contributed by atoms with Crippen LogP contribution in [0.15, 0.2) is 77.3 Å². The third kappa shape index (κ3) is 5.52. The third-order valence-electron chi connectivity index (χ3n) is 6.73. The molecule has 2 N–H and O–H groups in total. The molecule has 3 aliphatic rings. The highest BCUT2D eigenvalue weighted by molar-refractivity contribution is 6.39. The maximum Gasteiger partial charge on any atom is 0.196 e. The minimum atomic E-state index is 0.592. The van der Waals surface area contributed by atoms with Gasteiger partial charge >= 0.3 is 0 Å². The summed E-state index contributed by atoms with van der Waals surface area (Å²) in [6.45, 7) is 3.96. The van der Waals surface area contributed by atoms with Gasteiger partial charge in [-0.2, -0.15) is 0 Å². The number of nitrogens with zero attached hydrogens (tertiary/aromatic N) is 2. The van der Waals surface area contributed by atoms with Crippen LogP contribution in [0.1, 0.15) is 35.1 Å². The largest absolute Gasteiger partial charge is 0.354 e. The molecule has 0 aromatic heterocycles. The van der Waals surface area contributed by atoms with E-state index in [9.17, 15) is 0 Å². The number of hydrogen-bond donors (Lipinski definition) is 2. The van der Waals surface area contributed by atoms with E-state index in [2.05, 4.69) is 88.3 Å². The molecule has 0 unspecified atom stereocenters. The molecule has 6 heteroatoms. The van der Waals surface area contributed by atoms with Crippen molar-refractivity contribution >= 4 is 52.6 Å². The van der Waals surface area contributed by atoms with Crippen molar-refractivity contribution in [3.63, 3.8) is 0 Å². The zero-order valence-corrected chi connectivity index (χ0v) is 21.9. The first-order valence-electron chi connectivity index (χ1n) is 12.4. The van der Waals surface area contributed by atoms with Crippen LogP contribution in [0.2, 0.25) is 10.0 Å². The van der Waals surface area contributed by atoms with E-state index in [1.807, 2.05) is 0 Å². The van der Waals surface area contributed by atoms with Gasteiger partial charge in [0.15, 0.2) is 5.96 Å². The van der Waals surface area contributed by atoms with Crippen LogP contribution >= 0.6 is 23.2 Å². The lowest BCUT2D eigenvalue weighted by Gasteiger charge is -2.27. The second-order valence-electron chi connectivity index (χ2n) is 9.17. The van der Waals surface area contributed by atoms with Crippen molar-refractivity contribution in [1.82, 2.24) is 10.2 Å². The molecule has 1 fully saturated rings. The molecule has 184 valence electrons. The average molecular weight is 518 g/mol. The molecule has 3 aromatic rings. The van der Waals surface area contributed by atoms with Gasteiger partial charge in [0.1, 0.15) is 0 Å². The van der Waals surface area contributed by atoms with E-state index in [0.717, 1.165) is 32.1 Å². The topological polar surface area (TPSA) is 39.7 Å². The third-order valence-corrected chi connectivity index (χ3v) is 7.36. The molecule has 0 radical (unpaired) electrons. The van der Waals surface area contributed by atoms with Crippen molar-refractivity contribution < 1.29 is 0 Å². The lowest BCUT2D eigenvalue weighted by Crippen LogP contribution is -2.27. The number of fused-ring (bicyclic) bond motifs is 2. The Kier molecular flexibility index (Phi) is 7.76. The Hall–Kier alpha value is -3.05. The summed E-state index contributed by atoms with van der Waals surface area (Å²) in [7, 11) is 2.22. The number of piperidine rings is 1. The van der Waals surface area contributed by atoms with Crippen molar-refractivity contribution in [3.05, 3.63) is 105 Å². The van der Waals surface area contributed by atoms with Crippen molar-refractivity contribution in [3.8, 4) is 0 Å². The second kappa shape index (κ2) is 11.3. The van der Waals surface area contributed by atoms with Gasteiger partial charge in [-0.15, -0.1) is 0 Å². The first-order chi connectivity index (χ1) is 17.6. The maximum absolute atomic E-state index is 5.98. The molecule has 0 bridgehead atoms. The van der Waals surface area contributed by atoms with Gasteiger partial charge < -0.3 is 15.5 Å². The SMILES string of the molecule is CN1CCC(=C2c3ccccc3C=Cc3ccccc32)CC1.Clc1cccc(Cl)c1NC1=NCCN1. The van der Waals surface area contributed by atoms with Crippen LogP contribution in [0, 0.1) is 0 Å². The van der Waals surface area contributed by atoms with E-state index in [-0.39, 0.29) is 0 Å². The van der Waals surface area contributed by atoms with Gasteiger partial charge in [0.05, 0.1) is 22.3 Å². The lowest BCUT2D eigenvalue weighted by atomic mass is 9.86. The zero-order chi connectivity index (χ0) is 24.9. The van der Waals surface area contributed by atoms with Crippen molar-refractivity contribution in [2.75, 3.05) is 38.5 Å². The van der Waals surface area contributed by atoms with E-state index in [4.69, 9.17) is 23.2 Å². The normalized spacial score (nSPS) is 16.7. The fraction of sp³-hybridized carbons (Fsp3) is 0.233. The highest BCUT2D eigenvalue weighted by Gasteiger charge is 2.21. The summed E-state index contributed by atoms with van der Waals surface area (Å²) in [4.78, 5) is 6.62. The molecule has 0 atom stereocenters. The molecular formula is C30H30Cl2N4. The Morgan fingerprint density at radius 1 is 0.806 bits per heavy atom. The van der Waals surface area contributed by atoms with E-state index >= 15 is 0 Å². The molecule has 0 saturated carbocycles. The quantitative estimate of drug-likeness (QED) is 0.284. The molecule has 0 amide bonds. The lowest BCUT2D eigenvalue weighted by molar-refractivity contribution is 0.313. The summed E-state index contributed by atoms with van der Waals surface area (Å²) < 4.78 is 0. The van der Waals surface area contributed by atoms with Gasteiger partial charge in [0.25, 0.3) is 0 Å². The van der Waals surface area contributed by atoms with Gasteiger partial charge in [-0.3, -0.25) is 4.99 Å². The van der Waals surface area contributed by atoms with Crippen molar-refractivity contribution in [1.29, 1.82) is 0 Å². The van der Waals surface area contributed by atoms with Crippen LogP contribution in [0.5, 0.6) is 0 Å². The summed E-state index contributed by atoms with van der Waals surface area (Å²) in [5.74, 6) is 0.722. The molecule has 1 aliphatic carbocycles. The number of likely N-dealkylation sites (tertiary alicyclic amines) is 1. The van der Waals surface area contributed by atoms with Crippen molar-refractivity contribution in [2.45, 2.75) is 12.8 Å². The molecule has 6 rings (SSSR count). The van der Waals surface area contributed by atoms with Crippen LogP contribution < -0.4 is 10.6 Å². The summed E-state index contributed by atoms with van der Waals surface area (Å²) in [6.07, 6.45) is 6.87. The summed E-state index contributed by atoms with van der Waals surface area (Å²) in [5.41, 5.74) is 9.24. The summed E-state index contributed by atoms with van der Waals surface area (Å²) in [5, 5.41) is 7.32. The van der Waals surface area contributed by atoms with Gasteiger partial charge in [-0.05, 0) is 59.8 Å². The molecule has 2 aliphatic heterocycles. The Bertz CT molecular complexity index is 1260. The van der Waals surface area contributed by atoms with E-state index in [1.54, 1.807) is 23.8 Å². The smallest absolute Gasteiger partial charge is 0.196 e. The van der Waals surface area contributed by atoms with Crippen LogP contribution in [0.3, 0.4) is 0 Å². The van der Waals surface area contributed by atoms with E-state index in [1.165, 1.54) is 40.7 Å². The van der Waals surface area contributed by atoms with E-state index < -0.39 is 0 Å². The van der Waals surface area contributed by atoms with Crippen LogP contribution in [-0.2, 0) is 0 Å². The van der Waals surface area contributed by atoms with Crippen LogP contribution in [0.4, 0.5) is 5.69 Å². The highest BCUT2D eigenvalue weighted by Crippen LogP contribution is 2.38. The number of guanidine groups is 1. The Balaban J connectivity index is 0.000000165. The monoisotopic (exact) mass is 516 g/mol. The van der Waals surface area contributed by atoms with Gasteiger partial charge in [0.2, 0.25) is 0 Å². The summed E-state index contributed by atoms with van der Waals surface area (Å²) in [6, 6.07) is 23.0. The molecule has 4 nitrogen and oxygen atoms in total. The minimum absolute atomic E-state index is 0.592. The first kappa shape index (κ1) is 24.6. The highest BCUT2D eigenvalue weighted by atomic mass is 35.5. The number of hydrogen-bond acceptors (Lipinski definition) is 4. The number of rotatable bonds is 1. The Labute approximate surface area is 223 Å². The number of anilines is 1. The summed E-state index contributed by atoms with van der Waals surface area (Å²) >= 11 is 12.0. The minimum Gasteiger partial charge on any atom is -0.354 e. The van der Waals surface area contributed by atoms with Gasteiger partial charge in [0, 0.05) is 19.6 Å². The van der Waals surface area contributed by atoms with Gasteiger partial charge in [-0.1, -0.05) is 95.5 Å². The molecule has 3 aromatic carbocycles. The van der Waals surface area contributed by atoms with Gasteiger partial charge in [-0.25, -0.2) is 0 Å². The number of para-hydroxylation sites is 1. The number of aliphatic imine (C=N–C) groups is 1. The Morgan fingerprint density at radius 3 is 1.94 bits per heavy atom. The molecule has 2 heterocycles. The van der Waals surface area contributed by atoms with Crippen LogP contribution in [-0.4, -0.2) is 44.1 Å². The second-order valence-corrected chi connectivity index (χ2v) is 9.98. The zero-order valence-electron chi connectivity index (χ0n) is 20.4. The molecular weight excluding hydrogens is 487 g/mol. The predicted octanol–water partition coefficient (Wildman–Crippen LogP) is 7.06. The standard InChI is InChI=1S/C21H21N.C9H9Cl2N3/c1-22-14-12-18(13-15-22)21-19-8-4-2-6-16(19)10-11-17-7-3-5-9-20(17)21;10-6-2-1-3-7(11)8(6)14-9-12-4-5-13-9/h2-11H,12-15H2,1H3;1-3H,4-5H2,(H2,12,13,14). The number of benzene rings is 3. The van der Waals surface area contributed by atoms with Crippen LogP contribution in [0.25, 0.3) is 17.7 Å². The fourth-order valence-electron chi connectivity index (χ4n) is 4.80. The van der Waals surface area contributed by atoms with E-state index in [0.29, 0.717) is 15.7 Å². The number of nitrogens with one attached hydrogen (secondary N) is 2. The maximum atomic E-state index is 5.98. The first-order valence-corrected chi connectivity index (χ1v) is 13.1.